The van der Waals surface area contributed by atoms with Crippen molar-refractivity contribution in [1.29, 1.82) is 0 Å². The number of nitrogen functional groups attached to an aromatic ring is 1. The number of carboxylic acid groups (broad SMARTS) is 1. The fraction of sp³-hybridized carbons (Fsp3) is 0. The van der Waals surface area contributed by atoms with Crippen LogP contribution < -0.4 is 11.1 Å². The molecular weight excluding hydrogens is 258 g/mol. The molecule has 0 saturated carbocycles. The maximum Gasteiger partial charge on any atom is 0.335 e. The number of nitrogens with zero attached hydrogens (tertiary/aromatic N) is 3. The van der Waals surface area contributed by atoms with Gasteiger partial charge in [-0.25, -0.2) is 4.79 Å². The van der Waals surface area contributed by atoms with E-state index in [0.717, 1.165) is 0 Å². The van der Waals surface area contributed by atoms with Gasteiger partial charge in [-0.1, -0.05) is 0 Å². The second-order valence-electron chi connectivity index (χ2n) is 3.29. The van der Waals surface area contributed by atoms with Gasteiger partial charge in [0.15, 0.2) is 0 Å². The highest BCUT2D eigenvalue weighted by Crippen LogP contribution is 2.15. The number of hydrogen-bond donors (Lipinski definition) is 3. The second kappa shape index (κ2) is 4.84. The molecule has 0 atom stereocenters. The number of carbonyl (C=O) groups is 1. The number of nitrogens with two attached hydrogens (primary N) is 1. The van der Waals surface area contributed by atoms with Gasteiger partial charge in [0.1, 0.15) is 0 Å². The lowest BCUT2D eigenvalue weighted by Gasteiger charge is -2.05. The Hall–Kier alpha value is -2.41. The summed E-state index contributed by atoms with van der Waals surface area (Å²) in [7, 11) is 0. The molecule has 92 valence electrons. The number of halogens is 1. The van der Waals surface area contributed by atoms with Crippen molar-refractivity contribution in [2.75, 3.05) is 11.1 Å². The topological polar surface area (TPSA) is 114 Å². The zero-order valence-electron chi connectivity index (χ0n) is 8.96. The summed E-state index contributed by atoms with van der Waals surface area (Å²) >= 11 is 5.62. The highest BCUT2D eigenvalue weighted by atomic mass is 35.5. The third-order valence-electron chi connectivity index (χ3n) is 2.01. The Kier molecular flexibility index (Phi) is 3.24. The molecule has 2 rings (SSSR count). The van der Waals surface area contributed by atoms with E-state index < -0.39 is 5.97 Å². The molecule has 0 saturated heterocycles. The molecule has 8 heteroatoms. The van der Waals surface area contributed by atoms with Crippen molar-refractivity contribution >= 4 is 35.2 Å². The Bertz CT molecular complexity index is 567. The standard InChI is InChI=1S/C10H8ClN5O2/c11-8-14-9(12)16-10(15-8)13-6-3-1-5(2-4-6)7(17)18/h1-4H,(H,17,18)(H3,12,13,14,15,16). The summed E-state index contributed by atoms with van der Waals surface area (Å²) in [5.74, 6) is -0.802. The lowest BCUT2D eigenvalue weighted by molar-refractivity contribution is 0.0697. The first-order valence-corrected chi connectivity index (χ1v) is 5.20. The van der Waals surface area contributed by atoms with E-state index in [4.69, 9.17) is 22.4 Å². The highest BCUT2D eigenvalue weighted by Gasteiger charge is 2.04. The average molecular weight is 266 g/mol. The van der Waals surface area contributed by atoms with E-state index in [2.05, 4.69) is 20.3 Å². The van der Waals surface area contributed by atoms with E-state index in [1.54, 1.807) is 12.1 Å². The van der Waals surface area contributed by atoms with Gasteiger partial charge in [-0.15, -0.1) is 0 Å². The van der Waals surface area contributed by atoms with Crippen LogP contribution in [0.5, 0.6) is 0 Å². The molecule has 0 aliphatic carbocycles. The number of nitrogens with one attached hydrogen (secondary N) is 1. The summed E-state index contributed by atoms with van der Waals surface area (Å²) in [5, 5.41) is 11.6. The average Bonchev–Trinajstić information content (AvgIpc) is 2.28. The van der Waals surface area contributed by atoms with Gasteiger partial charge in [-0.05, 0) is 35.9 Å². The van der Waals surface area contributed by atoms with Gasteiger partial charge < -0.3 is 16.2 Å². The summed E-state index contributed by atoms with van der Waals surface area (Å²) in [6.07, 6.45) is 0. The van der Waals surface area contributed by atoms with Crippen LogP contribution in [0.4, 0.5) is 17.6 Å². The van der Waals surface area contributed by atoms with Crippen molar-refractivity contribution in [1.82, 2.24) is 15.0 Å². The molecule has 0 fully saturated rings. The molecule has 0 aliphatic heterocycles. The summed E-state index contributed by atoms with van der Waals surface area (Å²) in [6, 6.07) is 6.07. The van der Waals surface area contributed by atoms with Crippen molar-refractivity contribution in [2.45, 2.75) is 0 Å². The second-order valence-corrected chi connectivity index (χ2v) is 3.63. The lowest BCUT2D eigenvalue weighted by Crippen LogP contribution is -2.03. The Labute approximate surface area is 107 Å². The van der Waals surface area contributed by atoms with Crippen molar-refractivity contribution in [3.63, 3.8) is 0 Å². The third kappa shape index (κ3) is 2.83. The Morgan fingerprint density at radius 3 is 2.44 bits per heavy atom. The number of aromatic nitrogens is 3. The normalized spacial score (nSPS) is 10.1. The molecule has 18 heavy (non-hydrogen) atoms. The van der Waals surface area contributed by atoms with E-state index in [0.29, 0.717) is 5.69 Å². The third-order valence-corrected chi connectivity index (χ3v) is 2.18. The first-order chi connectivity index (χ1) is 8.54. The summed E-state index contributed by atoms with van der Waals surface area (Å²) < 4.78 is 0. The van der Waals surface area contributed by atoms with Gasteiger partial charge in [0.2, 0.25) is 17.2 Å². The molecule has 4 N–H and O–H groups in total. The minimum Gasteiger partial charge on any atom is -0.478 e. The van der Waals surface area contributed by atoms with Gasteiger partial charge in [0, 0.05) is 5.69 Å². The van der Waals surface area contributed by atoms with Crippen molar-refractivity contribution in [2.24, 2.45) is 0 Å². The fourth-order valence-corrected chi connectivity index (χ4v) is 1.41. The molecule has 0 radical (unpaired) electrons. The van der Waals surface area contributed by atoms with Gasteiger partial charge in [0.25, 0.3) is 0 Å². The van der Waals surface area contributed by atoms with Gasteiger partial charge in [-0.3, -0.25) is 0 Å². The quantitative estimate of drug-likeness (QED) is 0.771. The molecule has 7 nitrogen and oxygen atoms in total. The minimum atomic E-state index is -0.992. The molecule has 1 aromatic heterocycles. The van der Waals surface area contributed by atoms with Crippen molar-refractivity contribution < 1.29 is 9.90 Å². The van der Waals surface area contributed by atoms with Crippen LogP contribution in [-0.2, 0) is 0 Å². The van der Waals surface area contributed by atoms with Gasteiger partial charge in [0.05, 0.1) is 5.56 Å². The molecule has 1 heterocycles. The summed E-state index contributed by atoms with van der Waals surface area (Å²) in [4.78, 5) is 21.9. The van der Waals surface area contributed by atoms with Crippen LogP contribution in [0.2, 0.25) is 5.28 Å². The Morgan fingerprint density at radius 1 is 1.22 bits per heavy atom. The highest BCUT2D eigenvalue weighted by molar-refractivity contribution is 6.28. The fourth-order valence-electron chi connectivity index (χ4n) is 1.25. The maximum atomic E-state index is 10.7. The van der Waals surface area contributed by atoms with Gasteiger partial charge in [-0.2, -0.15) is 15.0 Å². The molecule has 0 aliphatic rings. The monoisotopic (exact) mass is 265 g/mol. The molecule has 0 unspecified atom stereocenters. The number of benzene rings is 1. The van der Waals surface area contributed by atoms with Crippen molar-refractivity contribution in [3.05, 3.63) is 35.1 Å². The SMILES string of the molecule is Nc1nc(Cl)nc(Nc2ccc(C(=O)O)cc2)n1. The van der Waals surface area contributed by atoms with Gasteiger partial charge >= 0.3 is 5.97 Å². The van der Waals surface area contributed by atoms with Crippen LogP contribution in [0.3, 0.4) is 0 Å². The van der Waals surface area contributed by atoms with Crippen LogP contribution in [0.25, 0.3) is 0 Å². The Balaban J connectivity index is 2.20. The van der Waals surface area contributed by atoms with E-state index in [1.807, 2.05) is 0 Å². The Morgan fingerprint density at radius 2 is 1.89 bits per heavy atom. The first kappa shape index (κ1) is 12.1. The lowest BCUT2D eigenvalue weighted by atomic mass is 10.2. The zero-order chi connectivity index (χ0) is 13.1. The first-order valence-electron chi connectivity index (χ1n) is 4.82. The molecule has 0 bridgehead atoms. The van der Waals surface area contributed by atoms with Crippen molar-refractivity contribution in [3.8, 4) is 0 Å². The maximum absolute atomic E-state index is 10.7. The van der Waals surface area contributed by atoms with Crippen LogP contribution in [0.15, 0.2) is 24.3 Å². The molecule has 1 aromatic carbocycles. The molecular formula is C10H8ClN5O2. The van der Waals surface area contributed by atoms with E-state index >= 15 is 0 Å². The summed E-state index contributed by atoms with van der Waals surface area (Å²) in [5.41, 5.74) is 6.21. The van der Waals surface area contributed by atoms with E-state index in [1.165, 1.54) is 12.1 Å². The number of hydrogen-bond acceptors (Lipinski definition) is 6. The summed E-state index contributed by atoms with van der Waals surface area (Å²) in [6.45, 7) is 0. The van der Waals surface area contributed by atoms with Crippen LogP contribution in [-0.4, -0.2) is 26.0 Å². The molecule has 0 amide bonds. The predicted molar refractivity (Wildman–Crippen MR) is 65.9 cm³/mol. The van der Waals surface area contributed by atoms with Crippen LogP contribution in [0, 0.1) is 0 Å². The van der Waals surface area contributed by atoms with E-state index in [9.17, 15) is 4.79 Å². The zero-order valence-corrected chi connectivity index (χ0v) is 9.72. The predicted octanol–water partition coefficient (Wildman–Crippen LogP) is 1.55. The number of anilines is 3. The molecule has 0 spiro atoms. The largest absolute Gasteiger partial charge is 0.478 e. The number of aromatic carboxylic acids is 1. The van der Waals surface area contributed by atoms with Crippen LogP contribution in [0.1, 0.15) is 10.4 Å². The number of rotatable bonds is 3. The minimum absolute atomic E-state index is 0.000318. The van der Waals surface area contributed by atoms with E-state index in [-0.39, 0.29) is 22.7 Å². The van der Waals surface area contributed by atoms with Crippen LogP contribution >= 0.6 is 11.6 Å². The molecule has 2 aromatic rings. The number of carboxylic acids is 1. The smallest absolute Gasteiger partial charge is 0.335 e.